The first-order chi connectivity index (χ1) is 10.3. The van der Waals surface area contributed by atoms with Crippen molar-refractivity contribution in [3.05, 3.63) is 0 Å². The molecule has 0 heterocycles. The minimum absolute atomic E-state index is 1.16. The molecule has 0 radical (unpaired) electrons. The molecular formula is C18H39Br2N. The molecule has 1 nitrogen and oxygen atoms in total. The van der Waals surface area contributed by atoms with Crippen molar-refractivity contribution in [3.63, 3.8) is 0 Å². The van der Waals surface area contributed by atoms with Crippen molar-refractivity contribution in [2.45, 2.75) is 85.0 Å². The lowest BCUT2D eigenvalue weighted by Crippen LogP contribution is -2.27. The standard InChI is InChI=1S/C12H27N.C6H12Br2/c1-4-7-10-13(11-8-5-2)12-9-6-3;7-5-3-1-2-4-6-8/h4-12H2,1-3H3;1-6H2. The normalized spacial score (nSPS) is 10.6. The van der Waals surface area contributed by atoms with Crippen LogP contribution in [0.25, 0.3) is 0 Å². The van der Waals surface area contributed by atoms with Gasteiger partial charge in [-0.25, -0.2) is 0 Å². The molecule has 0 rings (SSSR count). The number of rotatable bonds is 14. The van der Waals surface area contributed by atoms with E-state index in [1.165, 1.54) is 83.8 Å². The molecule has 3 heteroatoms. The average molecular weight is 429 g/mol. The Labute approximate surface area is 151 Å². The predicted octanol–water partition coefficient (Wildman–Crippen LogP) is 7.03. The molecule has 0 fully saturated rings. The number of unbranched alkanes of at least 4 members (excludes halogenated alkanes) is 6. The van der Waals surface area contributed by atoms with E-state index in [1.54, 1.807) is 0 Å². The second-order valence-electron chi connectivity index (χ2n) is 5.69. The van der Waals surface area contributed by atoms with E-state index in [0.717, 1.165) is 10.7 Å². The van der Waals surface area contributed by atoms with Crippen LogP contribution in [0, 0.1) is 0 Å². The third-order valence-electron chi connectivity index (χ3n) is 3.50. The predicted molar refractivity (Wildman–Crippen MR) is 107 cm³/mol. The summed E-state index contributed by atoms with van der Waals surface area (Å²) in [5, 5.41) is 2.32. The second-order valence-corrected chi connectivity index (χ2v) is 7.28. The van der Waals surface area contributed by atoms with Gasteiger partial charge < -0.3 is 4.90 Å². The van der Waals surface area contributed by atoms with Crippen LogP contribution in [0.3, 0.4) is 0 Å². The molecule has 0 unspecified atom stereocenters. The van der Waals surface area contributed by atoms with Crippen LogP contribution >= 0.6 is 31.9 Å². The molecule has 0 aliphatic heterocycles. The van der Waals surface area contributed by atoms with Crippen molar-refractivity contribution in [1.82, 2.24) is 4.90 Å². The van der Waals surface area contributed by atoms with Crippen LogP contribution in [0.2, 0.25) is 0 Å². The lowest BCUT2D eigenvalue weighted by molar-refractivity contribution is 0.261. The molecule has 0 aliphatic carbocycles. The maximum Gasteiger partial charge on any atom is 0.00313 e. The van der Waals surface area contributed by atoms with E-state index in [9.17, 15) is 0 Å². The number of hydrogen-bond acceptors (Lipinski definition) is 1. The number of nitrogens with zero attached hydrogens (tertiary/aromatic N) is 1. The zero-order chi connectivity index (χ0) is 16.2. The van der Waals surface area contributed by atoms with Gasteiger partial charge in [-0.05, 0) is 51.7 Å². The molecule has 21 heavy (non-hydrogen) atoms. The topological polar surface area (TPSA) is 3.24 Å². The first kappa shape index (κ1) is 24.2. The summed E-state index contributed by atoms with van der Waals surface area (Å²) in [4.78, 5) is 2.64. The molecule has 0 saturated carbocycles. The summed E-state index contributed by atoms with van der Waals surface area (Å²) >= 11 is 6.78. The SMILES string of the molecule is BrCCCCCCBr.CCCCN(CCCC)CCCC. The van der Waals surface area contributed by atoms with E-state index in [0.29, 0.717) is 0 Å². The van der Waals surface area contributed by atoms with E-state index in [1.807, 2.05) is 0 Å². The molecule has 0 bridgehead atoms. The zero-order valence-corrected chi connectivity index (χ0v) is 18.0. The van der Waals surface area contributed by atoms with E-state index >= 15 is 0 Å². The van der Waals surface area contributed by atoms with Gasteiger partial charge in [-0.1, -0.05) is 84.7 Å². The quantitative estimate of drug-likeness (QED) is 0.212. The van der Waals surface area contributed by atoms with E-state index in [2.05, 4.69) is 57.5 Å². The molecule has 0 saturated heterocycles. The first-order valence-corrected chi connectivity index (χ1v) is 11.3. The Hall–Kier alpha value is 0.920. The van der Waals surface area contributed by atoms with Crippen LogP contribution in [-0.4, -0.2) is 35.2 Å². The van der Waals surface area contributed by atoms with Crippen LogP contribution in [-0.2, 0) is 0 Å². The highest BCUT2D eigenvalue weighted by Crippen LogP contribution is 2.03. The fraction of sp³-hybridized carbons (Fsp3) is 1.00. The van der Waals surface area contributed by atoms with Crippen molar-refractivity contribution in [2.75, 3.05) is 30.3 Å². The van der Waals surface area contributed by atoms with Gasteiger partial charge in [0.2, 0.25) is 0 Å². The van der Waals surface area contributed by atoms with Gasteiger partial charge in [0.15, 0.2) is 0 Å². The number of hydrogen-bond donors (Lipinski definition) is 0. The maximum absolute atomic E-state index is 3.39. The summed E-state index contributed by atoms with van der Waals surface area (Å²) in [6.45, 7) is 10.8. The summed E-state index contributed by atoms with van der Waals surface area (Å²) in [7, 11) is 0. The van der Waals surface area contributed by atoms with Crippen LogP contribution < -0.4 is 0 Å². The number of alkyl halides is 2. The first-order valence-electron chi connectivity index (χ1n) is 9.10. The molecule has 0 aliphatic rings. The number of halogens is 2. The van der Waals surface area contributed by atoms with Gasteiger partial charge in [0.25, 0.3) is 0 Å². The van der Waals surface area contributed by atoms with Gasteiger partial charge in [0, 0.05) is 10.7 Å². The Morgan fingerprint density at radius 3 is 1.10 bits per heavy atom. The summed E-state index contributed by atoms with van der Waals surface area (Å²) < 4.78 is 0. The van der Waals surface area contributed by atoms with Gasteiger partial charge >= 0.3 is 0 Å². The van der Waals surface area contributed by atoms with E-state index in [-0.39, 0.29) is 0 Å². The second kappa shape index (κ2) is 23.2. The van der Waals surface area contributed by atoms with Crippen molar-refractivity contribution in [1.29, 1.82) is 0 Å². The minimum atomic E-state index is 1.16. The van der Waals surface area contributed by atoms with Gasteiger partial charge in [-0.3, -0.25) is 0 Å². The maximum atomic E-state index is 3.39. The van der Waals surface area contributed by atoms with Gasteiger partial charge in [0.05, 0.1) is 0 Å². The van der Waals surface area contributed by atoms with Crippen molar-refractivity contribution in [3.8, 4) is 0 Å². The zero-order valence-electron chi connectivity index (χ0n) is 14.8. The molecule has 0 atom stereocenters. The summed E-state index contributed by atoms with van der Waals surface area (Å²) in [6, 6.07) is 0. The van der Waals surface area contributed by atoms with Crippen LogP contribution in [0.4, 0.5) is 0 Å². The Balaban J connectivity index is 0. The third-order valence-corrected chi connectivity index (χ3v) is 4.62. The lowest BCUT2D eigenvalue weighted by Gasteiger charge is -2.21. The molecule has 0 aromatic rings. The molecule has 0 aromatic heterocycles. The van der Waals surface area contributed by atoms with Crippen molar-refractivity contribution >= 4 is 31.9 Å². The Morgan fingerprint density at radius 2 is 0.857 bits per heavy atom. The Bertz CT molecular complexity index is 140. The van der Waals surface area contributed by atoms with Crippen molar-refractivity contribution in [2.24, 2.45) is 0 Å². The van der Waals surface area contributed by atoms with Gasteiger partial charge in [0.1, 0.15) is 0 Å². The van der Waals surface area contributed by atoms with Gasteiger partial charge in [-0.2, -0.15) is 0 Å². The third kappa shape index (κ3) is 23.3. The highest BCUT2D eigenvalue weighted by atomic mass is 79.9. The fourth-order valence-corrected chi connectivity index (χ4v) is 2.82. The highest BCUT2D eigenvalue weighted by molar-refractivity contribution is 9.09. The summed E-state index contributed by atoms with van der Waals surface area (Å²) in [6.07, 6.45) is 13.5. The molecular weight excluding hydrogens is 390 g/mol. The van der Waals surface area contributed by atoms with Crippen molar-refractivity contribution < 1.29 is 0 Å². The smallest absolute Gasteiger partial charge is 0.00313 e. The van der Waals surface area contributed by atoms with E-state index < -0.39 is 0 Å². The summed E-state index contributed by atoms with van der Waals surface area (Å²) in [5.74, 6) is 0. The monoisotopic (exact) mass is 427 g/mol. The van der Waals surface area contributed by atoms with E-state index in [4.69, 9.17) is 0 Å². The van der Waals surface area contributed by atoms with Crippen LogP contribution in [0.15, 0.2) is 0 Å². The van der Waals surface area contributed by atoms with Gasteiger partial charge in [-0.15, -0.1) is 0 Å². The Morgan fingerprint density at radius 1 is 0.524 bits per heavy atom. The average Bonchev–Trinajstić information content (AvgIpc) is 2.51. The minimum Gasteiger partial charge on any atom is -0.303 e. The largest absolute Gasteiger partial charge is 0.303 e. The fourth-order valence-electron chi connectivity index (χ4n) is 2.02. The molecule has 0 amide bonds. The summed E-state index contributed by atoms with van der Waals surface area (Å²) in [5.41, 5.74) is 0. The molecule has 0 N–H and O–H groups in total. The Kier molecular flexibility index (Phi) is 26.7. The molecule has 130 valence electrons. The molecule has 0 aromatic carbocycles. The van der Waals surface area contributed by atoms with Crippen LogP contribution in [0.1, 0.15) is 85.0 Å². The van der Waals surface area contributed by atoms with Crippen LogP contribution in [0.5, 0.6) is 0 Å². The molecule has 0 spiro atoms. The highest BCUT2D eigenvalue weighted by Gasteiger charge is 2.01. The lowest BCUT2D eigenvalue weighted by atomic mass is 10.2.